The van der Waals surface area contributed by atoms with Crippen LogP contribution in [0.25, 0.3) is 0 Å². The molecule has 0 saturated heterocycles. The molecule has 2 amide bonds. The van der Waals surface area contributed by atoms with Gasteiger partial charge in [-0.25, -0.2) is 5.43 Å². The Balaban J connectivity index is 1.84. The molecule has 0 aromatic heterocycles. The van der Waals surface area contributed by atoms with Crippen LogP contribution in [0.2, 0.25) is 0 Å². The standard InChI is InChI=1S/C24H30BrN3O5/c1-4-13-33-24-20(25)14-17(15-21(24)32-6-3)16-26-28-23(30)12-11-22(29)27-18-7-9-19(10-8-18)31-5-2/h7-10,14-16H,4-6,11-13H2,1-3H3,(H,27,29)(H,28,30). The van der Waals surface area contributed by atoms with Crippen molar-refractivity contribution in [1.29, 1.82) is 0 Å². The van der Waals surface area contributed by atoms with Gasteiger partial charge in [-0.3, -0.25) is 9.59 Å². The van der Waals surface area contributed by atoms with Crippen LogP contribution in [0.4, 0.5) is 5.69 Å². The summed E-state index contributed by atoms with van der Waals surface area (Å²) < 4.78 is 17.5. The largest absolute Gasteiger partial charge is 0.494 e. The lowest BCUT2D eigenvalue weighted by molar-refractivity contribution is -0.124. The maximum atomic E-state index is 12.1. The third-order valence-corrected chi connectivity index (χ3v) is 4.80. The molecule has 0 unspecified atom stereocenters. The average molecular weight is 520 g/mol. The minimum atomic E-state index is -0.361. The van der Waals surface area contributed by atoms with Gasteiger partial charge in [-0.05, 0) is 78.2 Å². The van der Waals surface area contributed by atoms with Gasteiger partial charge in [0.2, 0.25) is 11.8 Å². The molecule has 8 nitrogen and oxygen atoms in total. The van der Waals surface area contributed by atoms with E-state index in [2.05, 4.69) is 31.8 Å². The average Bonchev–Trinajstić information content (AvgIpc) is 2.79. The normalized spacial score (nSPS) is 10.7. The fraction of sp³-hybridized carbons (Fsp3) is 0.375. The number of anilines is 1. The third kappa shape index (κ3) is 9.13. The molecule has 0 spiro atoms. The van der Waals surface area contributed by atoms with E-state index in [-0.39, 0.29) is 24.7 Å². The molecule has 0 saturated carbocycles. The molecule has 2 aromatic carbocycles. The van der Waals surface area contributed by atoms with Gasteiger partial charge in [0, 0.05) is 18.5 Å². The summed E-state index contributed by atoms with van der Waals surface area (Å²) in [6.45, 7) is 7.47. The second kappa shape index (κ2) is 14.2. The van der Waals surface area contributed by atoms with Crippen molar-refractivity contribution in [2.75, 3.05) is 25.1 Å². The van der Waals surface area contributed by atoms with Gasteiger partial charge < -0.3 is 19.5 Å². The Morgan fingerprint density at radius 1 is 0.970 bits per heavy atom. The summed E-state index contributed by atoms with van der Waals surface area (Å²) in [7, 11) is 0. The Kier molecular flexibility index (Phi) is 11.2. The van der Waals surface area contributed by atoms with Crippen LogP contribution < -0.4 is 25.0 Å². The van der Waals surface area contributed by atoms with Crippen molar-refractivity contribution >= 4 is 39.6 Å². The molecule has 0 atom stereocenters. The number of halogens is 1. The predicted octanol–water partition coefficient (Wildman–Crippen LogP) is 4.90. The number of hydrazone groups is 1. The van der Waals surface area contributed by atoms with Gasteiger partial charge in [-0.1, -0.05) is 6.92 Å². The van der Waals surface area contributed by atoms with Gasteiger partial charge in [0.05, 0.1) is 30.5 Å². The van der Waals surface area contributed by atoms with Crippen molar-refractivity contribution in [2.45, 2.75) is 40.0 Å². The lowest BCUT2D eigenvalue weighted by atomic mass is 10.2. The summed E-state index contributed by atoms with van der Waals surface area (Å²) in [4.78, 5) is 24.1. The number of amides is 2. The summed E-state index contributed by atoms with van der Waals surface area (Å²) in [5.41, 5.74) is 3.81. The van der Waals surface area contributed by atoms with Crippen LogP contribution in [-0.4, -0.2) is 37.8 Å². The molecular formula is C24H30BrN3O5. The number of carbonyl (C=O) groups is 2. The van der Waals surface area contributed by atoms with Gasteiger partial charge >= 0.3 is 0 Å². The van der Waals surface area contributed by atoms with E-state index >= 15 is 0 Å². The molecule has 9 heteroatoms. The van der Waals surface area contributed by atoms with Crippen LogP contribution >= 0.6 is 15.9 Å². The van der Waals surface area contributed by atoms with Crippen molar-refractivity contribution < 1.29 is 23.8 Å². The minimum absolute atomic E-state index is 0.0118. The molecule has 0 aliphatic rings. The van der Waals surface area contributed by atoms with Crippen LogP contribution in [0.1, 0.15) is 45.6 Å². The van der Waals surface area contributed by atoms with E-state index in [0.29, 0.717) is 37.0 Å². The maximum absolute atomic E-state index is 12.1. The summed E-state index contributed by atoms with van der Waals surface area (Å²) in [6.07, 6.45) is 2.44. The zero-order valence-corrected chi connectivity index (χ0v) is 20.7. The molecule has 2 aromatic rings. The van der Waals surface area contributed by atoms with Gasteiger partial charge in [0.25, 0.3) is 0 Å². The minimum Gasteiger partial charge on any atom is -0.494 e. The second-order valence-corrected chi connectivity index (χ2v) is 7.76. The number of nitrogens with zero attached hydrogens (tertiary/aromatic N) is 1. The third-order valence-electron chi connectivity index (χ3n) is 4.21. The molecule has 0 fully saturated rings. The number of hydrogen-bond acceptors (Lipinski definition) is 6. The first-order chi connectivity index (χ1) is 16.0. The summed E-state index contributed by atoms with van der Waals surface area (Å²) in [5.74, 6) is 1.35. The van der Waals surface area contributed by atoms with Crippen LogP contribution in [0.5, 0.6) is 17.2 Å². The van der Waals surface area contributed by atoms with Crippen LogP contribution in [0, 0.1) is 0 Å². The fourth-order valence-corrected chi connectivity index (χ4v) is 3.33. The number of benzene rings is 2. The molecule has 0 aliphatic carbocycles. The number of rotatable bonds is 13. The van der Waals surface area contributed by atoms with Gasteiger partial charge in [0.1, 0.15) is 5.75 Å². The highest BCUT2D eigenvalue weighted by Gasteiger charge is 2.12. The van der Waals surface area contributed by atoms with Crippen molar-refractivity contribution in [3.63, 3.8) is 0 Å². The van der Waals surface area contributed by atoms with Gasteiger partial charge in [-0.2, -0.15) is 5.10 Å². The van der Waals surface area contributed by atoms with E-state index in [9.17, 15) is 9.59 Å². The van der Waals surface area contributed by atoms with Crippen LogP contribution in [0.15, 0.2) is 46.0 Å². The summed E-state index contributed by atoms with van der Waals surface area (Å²) in [6, 6.07) is 10.7. The monoisotopic (exact) mass is 519 g/mol. The fourth-order valence-electron chi connectivity index (χ4n) is 2.76. The molecule has 0 radical (unpaired) electrons. The molecule has 178 valence electrons. The van der Waals surface area contributed by atoms with Crippen LogP contribution in [0.3, 0.4) is 0 Å². The molecule has 2 rings (SSSR count). The van der Waals surface area contributed by atoms with E-state index in [1.807, 2.05) is 26.8 Å². The topological polar surface area (TPSA) is 98.2 Å². The summed E-state index contributed by atoms with van der Waals surface area (Å²) in [5, 5.41) is 6.73. The summed E-state index contributed by atoms with van der Waals surface area (Å²) >= 11 is 3.49. The van der Waals surface area contributed by atoms with Crippen molar-refractivity contribution in [2.24, 2.45) is 5.10 Å². The molecule has 0 aliphatic heterocycles. The number of hydrogen-bond donors (Lipinski definition) is 2. The maximum Gasteiger partial charge on any atom is 0.240 e. The first kappa shape index (κ1) is 26.2. The first-order valence-corrected chi connectivity index (χ1v) is 11.7. The van der Waals surface area contributed by atoms with Crippen molar-refractivity contribution in [3.8, 4) is 17.2 Å². The predicted molar refractivity (Wildman–Crippen MR) is 132 cm³/mol. The number of carbonyl (C=O) groups excluding carboxylic acids is 2. The Labute approximate surface area is 202 Å². The van der Waals surface area contributed by atoms with Gasteiger partial charge in [0.15, 0.2) is 11.5 Å². The molecule has 33 heavy (non-hydrogen) atoms. The Morgan fingerprint density at radius 2 is 1.67 bits per heavy atom. The van der Waals surface area contributed by atoms with E-state index in [1.165, 1.54) is 6.21 Å². The molecular weight excluding hydrogens is 490 g/mol. The highest BCUT2D eigenvalue weighted by molar-refractivity contribution is 9.10. The Hall–Kier alpha value is -3.07. The highest BCUT2D eigenvalue weighted by atomic mass is 79.9. The van der Waals surface area contributed by atoms with E-state index < -0.39 is 0 Å². The molecule has 0 heterocycles. The van der Waals surface area contributed by atoms with Crippen molar-refractivity contribution in [1.82, 2.24) is 5.43 Å². The first-order valence-electron chi connectivity index (χ1n) is 10.9. The zero-order valence-electron chi connectivity index (χ0n) is 19.2. The Bertz CT molecular complexity index is 948. The lowest BCUT2D eigenvalue weighted by Gasteiger charge is -2.14. The SMILES string of the molecule is CCCOc1c(Br)cc(C=NNC(=O)CCC(=O)Nc2ccc(OCC)cc2)cc1OCC. The van der Waals surface area contributed by atoms with E-state index in [4.69, 9.17) is 14.2 Å². The smallest absolute Gasteiger partial charge is 0.240 e. The molecule has 0 bridgehead atoms. The van der Waals surface area contributed by atoms with Crippen molar-refractivity contribution in [3.05, 3.63) is 46.4 Å². The zero-order chi connectivity index (χ0) is 24.1. The highest BCUT2D eigenvalue weighted by Crippen LogP contribution is 2.36. The Morgan fingerprint density at radius 3 is 2.33 bits per heavy atom. The second-order valence-electron chi connectivity index (χ2n) is 6.91. The van der Waals surface area contributed by atoms with E-state index in [1.54, 1.807) is 30.3 Å². The van der Waals surface area contributed by atoms with Gasteiger partial charge in [-0.15, -0.1) is 0 Å². The number of nitrogens with one attached hydrogen (secondary N) is 2. The molecule has 2 N–H and O–H groups in total. The number of ether oxygens (including phenoxy) is 3. The quantitative estimate of drug-likeness (QED) is 0.289. The van der Waals surface area contributed by atoms with E-state index in [0.717, 1.165) is 22.2 Å². The lowest BCUT2D eigenvalue weighted by Crippen LogP contribution is -2.20. The van der Waals surface area contributed by atoms with Crippen LogP contribution in [-0.2, 0) is 9.59 Å².